The maximum Gasteiger partial charge on any atom is 0.225 e. The Morgan fingerprint density at radius 2 is 2.00 bits per heavy atom. The number of hydrogen-bond acceptors (Lipinski definition) is 7. The second-order valence-electron chi connectivity index (χ2n) is 4.59. The van der Waals surface area contributed by atoms with E-state index >= 15 is 0 Å². The standard InChI is InChI=1S/C11H21N7/c1-2-5-18(8-3-4-14-6-8)7-9-15-10(12)17-11(13)16-9/h8,14H,2-7H2,1H3,(H4,12,13,15,16,17). The lowest BCUT2D eigenvalue weighted by Gasteiger charge is -2.27. The van der Waals surface area contributed by atoms with Crippen molar-refractivity contribution in [2.24, 2.45) is 0 Å². The fourth-order valence-electron chi connectivity index (χ4n) is 2.34. The van der Waals surface area contributed by atoms with Crippen LogP contribution in [0.1, 0.15) is 25.6 Å². The van der Waals surface area contributed by atoms with E-state index < -0.39 is 0 Å². The molecule has 7 heteroatoms. The monoisotopic (exact) mass is 251 g/mol. The first-order valence-electron chi connectivity index (χ1n) is 6.39. The molecule has 1 saturated heterocycles. The largest absolute Gasteiger partial charge is 0.368 e. The van der Waals surface area contributed by atoms with Gasteiger partial charge in [-0.25, -0.2) is 0 Å². The predicted octanol–water partition coefficient (Wildman–Crippen LogP) is -0.390. The van der Waals surface area contributed by atoms with Gasteiger partial charge in [0.15, 0.2) is 0 Å². The number of aromatic nitrogens is 3. The molecule has 1 atom stereocenters. The quantitative estimate of drug-likeness (QED) is 0.654. The van der Waals surface area contributed by atoms with Crippen molar-refractivity contribution < 1.29 is 0 Å². The van der Waals surface area contributed by atoms with Crippen LogP contribution in [0.25, 0.3) is 0 Å². The first-order chi connectivity index (χ1) is 8.69. The molecule has 100 valence electrons. The number of hydrogen-bond donors (Lipinski definition) is 3. The number of nitrogens with two attached hydrogens (primary N) is 2. The number of nitrogens with one attached hydrogen (secondary N) is 1. The Hall–Kier alpha value is -1.47. The van der Waals surface area contributed by atoms with E-state index in [-0.39, 0.29) is 11.9 Å². The summed E-state index contributed by atoms with van der Waals surface area (Å²) >= 11 is 0. The molecule has 7 nitrogen and oxygen atoms in total. The van der Waals surface area contributed by atoms with Gasteiger partial charge in [-0.15, -0.1) is 0 Å². The van der Waals surface area contributed by atoms with Gasteiger partial charge in [-0.1, -0.05) is 6.92 Å². The maximum atomic E-state index is 5.59. The molecule has 0 bridgehead atoms. The Kier molecular flexibility index (Phi) is 4.27. The first kappa shape index (κ1) is 13.0. The van der Waals surface area contributed by atoms with Gasteiger partial charge in [0.2, 0.25) is 11.9 Å². The highest BCUT2D eigenvalue weighted by atomic mass is 15.2. The number of nitrogens with zero attached hydrogens (tertiary/aromatic N) is 4. The molecule has 0 aromatic carbocycles. The molecular formula is C11H21N7. The lowest BCUT2D eigenvalue weighted by Crippen LogP contribution is -2.37. The molecule has 5 N–H and O–H groups in total. The third-order valence-corrected chi connectivity index (χ3v) is 3.12. The molecule has 0 spiro atoms. The molecule has 18 heavy (non-hydrogen) atoms. The highest BCUT2D eigenvalue weighted by Crippen LogP contribution is 2.12. The fraction of sp³-hybridized carbons (Fsp3) is 0.727. The Labute approximate surface area is 107 Å². The van der Waals surface area contributed by atoms with Gasteiger partial charge < -0.3 is 16.8 Å². The van der Waals surface area contributed by atoms with Crippen LogP contribution in [0.5, 0.6) is 0 Å². The van der Waals surface area contributed by atoms with E-state index in [2.05, 4.69) is 32.1 Å². The minimum atomic E-state index is 0.193. The van der Waals surface area contributed by atoms with Gasteiger partial charge in [0, 0.05) is 12.6 Å². The molecule has 1 aliphatic rings. The van der Waals surface area contributed by atoms with Crippen LogP contribution in [-0.2, 0) is 6.54 Å². The molecule has 1 unspecified atom stereocenters. The molecule has 1 fully saturated rings. The first-order valence-corrected chi connectivity index (χ1v) is 6.39. The smallest absolute Gasteiger partial charge is 0.225 e. The Balaban J connectivity index is 2.07. The summed E-state index contributed by atoms with van der Waals surface area (Å²) in [7, 11) is 0. The lowest BCUT2D eigenvalue weighted by atomic mass is 10.2. The average molecular weight is 251 g/mol. The molecule has 2 heterocycles. The zero-order valence-electron chi connectivity index (χ0n) is 10.8. The molecule has 1 aromatic heterocycles. The lowest BCUT2D eigenvalue weighted by molar-refractivity contribution is 0.195. The summed E-state index contributed by atoms with van der Waals surface area (Å²) in [6.45, 7) is 5.98. The van der Waals surface area contributed by atoms with E-state index in [0.717, 1.165) is 32.5 Å². The summed E-state index contributed by atoms with van der Waals surface area (Å²) in [4.78, 5) is 14.5. The maximum absolute atomic E-state index is 5.59. The highest BCUT2D eigenvalue weighted by molar-refractivity contribution is 5.25. The van der Waals surface area contributed by atoms with Gasteiger partial charge >= 0.3 is 0 Å². The van der Waals surface area contributed by atoms with Crippen LogP contribution >= 0.6 is 0 Å². The topological polar surface area (TPSA) is 106 Å². The molecular weight excluding hydrogens is 230 g/mol. The summed E-state index contributed by atoms with van der Waals surface area (Å²) in [6, 6.07) is 0.546. The molecule has 0 saturated carbocycles. The van der Waals surface area contributed by atoms with Crippen molar-refractivity contribution in [2.45, 2.75) is 32.4 Å². The Bertz CT molecular complexity index is 369. The van der Waals surface area contributed by atoms with Gasteiger partial charge in [0.25, 0.3) is 0 Å². The SMILES string of the molecule is CCCN(Cc1nc(N)nc(N)n1)C1CCNC1. The van der Waals surface area contributed by atoms with Crippen LogP contribution in [-0.4, -0.2) is 45.5 Å². The summed E-state index contributed by atoms with van der Waals surface area (Å²) in [5, 5.41) is 3.38. The van der Waals surface area contributed by atoms with Gasteiger partial charge in [0.05, 0.1) is 6.54 Å². The summed E-state index contributed by atoms with van der Waals surface area (Å²) < 4.78 is 0. The van der Waals surface area contributed by atoms with Crippen molar-refractivity contribution in [3.8, 4) is 0 Å². The Morgan fingerprint density at radius 1 is 1.28 bits per heavy atom. The molecule has 2 rings (SSSR count). The number of rotatable bonds is 5. The zero-order valence-corrected chi connectivity index (χ0v) is 10.8. The second-order valence-corrected chi connectivity index (χ2v) is 4.59. The molecule has 0 radical (unpaired) electrons. The van der Waals surface area contributed by atoms with E-state index in [4.69, 9.17) is 11.5 Å². The van der Waals surface area contributed by atoms with Crippen LogP contribution in [0, 0.1) is 0 Å². The molecule has 1 aromatic rings. The van der Waals surface area contributed by atoms with Crippen molar-refractivity contribution in [3.63, 3.8) is 0 Å². The number of anilines is 2. The highest BCUT2D eigenvalue weighted by Gasteiger charge is 2.22. The average Bonchev–Trinajstić information content (AvgIpc) is 2.80. The van der Waals surface area contributed by atoms with Crippen LogP contribution in [0.2, 0.25) is 0 Å². The van der Waals surface area contributed by atoms with E-state index in [9.17, 15) is 0 Å². The molecule has 0 aliphatic carbocycles. The minimum Gasteiger partial charge on any atom is -0.368 e. The third-order valence-electron chi connectivity index (χ3n) is 3.12. The van der Waals surface area contributed by atoms with E-state index in [1.165, 1.54) is 0 Å². The van der Waals surface area contributed by atoms with Crippen molar-refractivity contribution in [3.05, 3.63) is 5.82 Å². The van der Waals surface area contributed by atoms with Crippen LogP contribution < -0.4 is 16.8 Å². The summed E-state index contributed by atoms with van der Waals surface area (Å²) in [6.07, 6.45) is 2.27. The van der Waals surface area contributed by atoms with Gasteiger partial charge in [0.1, 0.15) is 5.82 Å². The van der Waals surface area contributed by atoms with Gasteiger partial charge in [-0.3, -0.25) is 4.90 Å². The van der Waals surface area contributed by atoms with Crippen LogP contribution in [0.3, 0.4) is 0 Å². The van der Waals surface area contributed by atoms with Crippen LogP contribution in [0.4, 0.5) is 11.9 Å². The van der Waals surface area contributed by atoms with E-state index in [0.29, 0.717) is 18.4 Å². The molecule has 1 aliphatic heterocycles. The second kappa shape index (κ2) is 5.92. The summed E-state index contributed by atoms with van der Waals surface area (Å²) in [5.74, 6) is 1.04. The van der Waals surface area contributed by atoms with Crippen molar-refractivity contribution in [2.75, 3.05) is 31.1 Å². The number of nitrogen functional groups attached to an aromatic ring is 2. The van der Waals surface area contributed by atoms with Crippen molar-refractivity contribution in [1.29, 1.82) is 0 Å². The van der Waals surface area contributed by atoms with Crippen molar-refractivity contribution in [1.82, 2.24) is 25.2 Å². The predicted molar refractivity (Wildman–Crippen MR) is 70.6 cm³/mol. The summed E-state index contributed by atoms with van der Waals surface area (Å²) in [5.41, 5.74) is 11.2. The van der Waals surface area contributed by atoms with Crippen molar-refractivity contribution >= 4 is 11.9 Å². The fourth-order valence-corrected chi connectivity index (χ4v) is 2.34. The zero-order chi connectivity index (χ0) is 13.0. The molecule has 0 amide bonds. The normalized spacial score (nSPS) is 19.6. The van der Waals surface area contributed by atoms with E-state index in [1.54, 1.807) is 0 Å². The van der Waals surface area contributed by atoms with Gasteiger partial charge in [-0.2, -0.15) is 15.0 Å². The van der Waals surface area contributed by atoms with Crippen LogP contribution in [0.15, 0.2) is 0 Å². The minimum absolute atomic E-state index is 0.193. The van der Waals surface area contributed by atoms with E-state index in [1.807, 2.05) is 0 Å². The Morgan fingerprint density at radius 3 is 2.56 bits per heavy atom. The third kappa shape index (κ3) is 3.27. The van der Waals surface area contributed by atoms with Gasteiger partial charge in [-0.05, 0) is 25.9 Å².